The molecule has 26 heavy (non-hydrogen) atoms. The minimum atomic E-state index is -0.439. The van der Waals surface area contributed by atoms with Gasteiger partial charge in [-0.3, -0.25) is 29.0 Å². The summed E-state index contributed by atoms with van der Waals surface area (Å²) in [6.45, 7) is 2.35. The molecule has 0 spiro atoms. The lowest BCUT2D eigenvalue weighted by molar-refractivity contribution is -0.156. The summed E-state index contributed by atoms with van der Waals surface area (Å²) in [5, 5.41) is 5.40. The summed E-state index contributed by atoms with van der Waals surface area (Å²) < 4.78 is 0. The molecular formula is C16H26N6O4. The highest BCUT2D eigenvalue weighted by molar-refractivity contribution is 6.05. The number of hydrazine groups is 2. The van der Waals surface area contributed by atoms with Gasteiger partial charge in [-0.15, -0.1) is 0 Å². The normalized spacial score (nSPS) is 29.2. The summed E-state index contributed by atoms with van der Waals surface area (Å²) in [6.07, 6.45) is 0.374. The van der Waals surface area contributed by atoms with Crippen LogP contribution in [0.4, 0.5) is 0 Å². The van der Waals surface area contributed by atoms with E-state index in [9.17, 15) is 19.2 Å². The first-order chi connectivity index (χ1) is 12.2. The molecule has 0 N–H and O–H groups in total. The number of amides is 4. The number of imide groups is 2. The van der Waals surface area contributed by atoms with Gasteiger partial charge in [0.25, 0.3) is 11.8 Å². The van der Waals surface area contributed by atoms with Crippen LogP contribution in [0.1, 0.15) is 12.8 Å². The maximum atomic E-state index is 12.5. The Bertz CT molecular complexity index is 574. The monoisotopic (exact) mass is 366 g/mol. The molecule has 0 aromatic carbocycles. The van der Waals surface area contributed by atoms with Gasteiger partial charge in [0.2, 0.25) is 11.8 Å². The molecule has 4 amide bonds. The summed E-state index contributed by atoms with van der Waals surface area (Å²) >= 11 is 0. The molecule has 144 valence electrons. The van der Waals surface area contributed by atoms with Crippen LogP contribution in [0.25, 0.3) is 0 Å². The lowest BCUT2D eigenvalue weighted by Gasteiger charge is -2.39. The number of piperazine rings is 1. The molecule has 3 aliphatic rings. The average Bonchev–Trinajstić information content (AvgIpc) is 3.03. The first kappa shape index (κ1) is 18.9. The van der Waals surface area contributed by atoms with Gasteiger partial charge in [-0.05, 0) is 0 Å². The van der Waals surface area contributed by atoms with Crippen molar-refractivity contribution in [2.45, 2.75) is 24.9 Å². The molecule has 3 heterocycles. The molecular weight excluding hydrogens is 340 g/mol. The van der Waals surface area contributed by atoms with Crippen molar-refractivity contribution in [2.75, 3.05) is 54.4 Å². The van der Waals surface area contributed by atoms with E-state index in [0.717, 1.165) is 0 Å². The van der Waals surface area contributed by atoms with E-state index in [1.54, 1.807) is 28.2 Å². The molecule has 0 aromatic rings. The Kier molecular flexibility index (Phi) is 5.11. The van der Waals surface area contributed by atoms with Crippen molar-refractivity contribution in [3.8, 4) is 0 Å². The molecule has 3 fully saturated rings. The summed E-state index contributed by atoms with van der Waals surface area (Å²) in [4.78, 5) is 53.2. The van der Waals surface area contributed by atoms with E-state index in [2.05, 4.69) is 0 Å². The zero-order valence-corrected chi connectivity index (χ0v) is 15.7. The van der Waals surface area contributed by atoms with Crippen LogP contribution in [0.5, 0.6) is 0 Å². The predicted octanol–water partition coefficient (Wildman–Crippen LogP) is -2.19. The third-order valence-electron chi connectivity index (χ3n) is 5.23. The Morgan fingerprint density at radius 3 is 1.19 bits per heavy atom. The van der Waals surface area contributed by atoms with Gasteiger partial charge in [0.05, 0.1) is 12.8 Å². The second kappa shape index (κ2) is 7.03. The first-order valence-electron chi connectivity index (χ1n) is 8.78. The Labute approximate surface area is 152 Å². The van der Waals surface area contributed by atoms with Crippen LogP contribution in [-0.2, 0) is 19.2 Å². The molecule has 0 aromatic heterocycles. The zero-order chi connectivity index (χ0) is 19.2. The van der Waals surface area contributed by atoms with Crippen LogP contribution in [-0.4, -0.2) is 120 Å². The number of nitrogens with zero attached hydrogens (tertiary/aromatic N) is 6. The number of hydrogen-bond acceptors (Lipinski definition) is 8. The standard InChI is InChI=1S/C16H26N6O4/c1-17(2)21-13(23)9-11(15(21)25)19-5-7-20(8-6-19)12-10-14(24)22(16(12)26)18(3)4/h11-12H,5-10H2,1-4H3/t11-,12+. The van der Waals surface area contributed by atoms with Crippen molar-refractivity contribution in [3.63, 3.8) is 0 Å². The van der Waals surface area contributed by atoms with Crippen LogP contribution in [0.15, 0.2) is 0 Å². The van der Waals surface area contributed by atoms with Crippen LogP contribution < -0.4 is 0 Å². The second-order valence-corrected chi connectivity index (χ2v) is 7.29. The second-order valence-electron chi connectivity index (χ2n) is 7.29. The molecule has 0 aliphatic carbocycles. The Hall–Kier alpha value is -1.88. The molecule has 10 nitrogen and oxygen atoms in total. The van der Waals surface area contributed by atoms with E-state index in [1.165, 1.54) is 20.0 Å². The average molecular weight is 366 g/mol. The molecule has 0 bridgehead atoms. The Morgan fingerprint density at radius 2 is 0.962 bits per heavy atom. The molecule has 3 saturated heterocycles. The molecule has 3 rings (SSSR count). The van der Waals surface area contributed by atoms with Crippen molar-refractivity contribution >= 4 is 23.6 Å². The van der Waals surface area contributed by atoms with Crippen LogP contribution in [0, 0.1) is 0 Å². The topological polar surface area (TPSA) is 87.7 Å². The molecule has 0 unspecified atom stereocenters. The maximum absolute atomic E-state index is 12.5. The van der Waals surface area contributed by atoms with Gasteiger partial charge in [0.15, 0.2) is 0 Å². The smallest absolute Gasteiger partial charge is 0.261 e. The van der Waals surface area contributed by atoms with Gasteiger partial charge in [0, 0.05) is 54.4 Å². The van der Waals surface area contributed by atoms with E-state index >= 15 is 0 Å². The highest BCUT2D eigenvalue weighted by atomic mass is 16.2. The maximum Gasteiger partial charge on any atom is 0.261 e. The number of carbonyl (C=O) groups excluding carboxylic acids is 4. The lowest BCUT2D eigenvalue weighted by Crippen LogP contribution is -2.56. The van der Waals surface area contributed by atoms with Crippen molar-refractivity contribution in [1.82, 2.24) is 29.8 Å². The van der Waals surface area contributed by atoms with Gasteiger partial charge >= 0.3 is 0 Å². The number of carbonyl (C=O) groups is 4. The van der Waals surface area contributed by atoms with Crippen LogP contribution >= 0.6 is 0 Å². The first-order valence-corrected chi connectivity index (χ1v) is 8.78. The fraction of sp³-hybridized carbons (Fsp3) is 0.750. The van der Waals surface area contributed by atoms with Crippen molar-refractivity contribution in [3.05, 3.63) is 0 Å². The summed E-state index contributed by atoms with van der Waals surface area (Å²) in [6, 6.07) is -0.877. The quantitative estimate of drug-likeness (QED) is 0.519. The number of rotatable bonds is 4. The van der Waals surface area contributed by atoms with Crippen molar-refractivity contribution < 1.29 is 19.2 Å². The summed E-state index contributed by atoms with van der Waals surface area (Å²) in [7, 11) is 6.70. The highest BCUT2D eigenvalue weighted by Gasteiger charge is 2.47. The SMILES string of the molecule is CN(C)N1C(=O)C[C@@H](N2CCN([C@H]3CC(=O)N(N(C)C)C3=O)CC2)C1=O. The lowest BCUT2D eigenvalue weighted by atomic mass is 10.1. The van der Waals surface area contributed by atoms with Gasteiger partial charge in [0.1, 0.15) is 12.1 Å². The van der Waals surface area contributed by atoms with Gasteiger partial charge in [-0.1, -0.05) is 0 Å². The minimum Gasteiger partial charge on any atom is -0.289 e. The molecule has 2 atom stereocenters. The Balaban J connectivity index is 1.60. The fourth-order valence-electron chi connectivity index (χ4n) is 3.98. The fourth-order valence-corrected chi connectivity index (χ4v) is 3.98. The molecule has 0 radical (unpaired) electrons. The van der Waals surface area contributed by atoms with Gasteiger partial charge in [-0.25, -0.2) is 20.0 Å². The molecule has 3 aliphatic heterocycles. The van der Waals surface area contributed by atoms with Crippen LogP contribution in [0.3, 0.4) is 0 Å². The number of hydrogen-bond donors (Lipinski definition) is 0. The third-order valence-corrected chi connectivity index (χ3v) is 5.23. The van der Waals surface area contributed by atoms with Crippen molar-refractivity contribution in [1.29, 1.82) is 0 Å². The molecule has 10 heteroatoms. The summed E-state index contributed by atoms with van der Waals surface area (Å²) in [5.74, 6) is -0.769. The Morgan fingerprint density at radius 1 is 0.654 bits per heavy atom. The van der Waals surface area contributed by atoms with E-state index < -0.39 is 12.1 Å². The highest BCUT2D eigenvalue weighted by Crippen LogP contribution is 2.24. The minimum absolute atomic E-state index is 0.187. The third kappa shape index (κ3) is 3.13. The van der Waals surface area contributed by atoms with E-state index in [0.29, 0.717) is 26.2 Å². The van der Waals surface area contributed by atoms with Crippen LogP contribution in [0.2, 0.25) is 0 Å². The van der Waals surface area contributed by atoms with E-state index in [4.69, 9.17) is 0 Å². The van der Waals surface area contributed by atoms with E-state index in [1.807, 2.05) is 9.80 Å². The molecule has 0 saturated carbocycles. The zero-order valence-electron chi connectivity index (χ0n) is 15.7. The van der Waals surface area contributed by atoms with Crippen molar-refractivity contribution in [2.24, 2.45) is 0 Å². The predicted molar refractivity (Wildman–Crippen MR) is 91.0 cm³/mol. The van der Waals surface area contributed by atoms with Gasteiger partial charge < -0.3 is 0 Å². The summed E-state index contributed by atoms with van der Waals surface area (Å²) in [5.41, 5.74) is 0. The van der Waals surface area contributed by atoms with E-state index in [-0.39, 0.29) is 36.5 Å². The largest absolute Gasteiger partial charge is 0.289 e. The van der Waals surface area contributed by atoms with Gasteiger partial charge in [-0.2, -0.15) is 0 Å².